The highest BCUT2D eigenvalue weighted by Crippen LogP contribution is 2.20. The van der Waals surface area contributed by atoms with Crippen LogP contribution in [-0.4, -0.2) is 30.3 Å². The second kappa shape index (κ2) is 5.83. The summed E-state index contributed by atoms with van der Waals surface area (Å²) in [6, 6.07) is 4.36. The average molecular weight is 287 g/mol. The van der Waals surface area contributed by atoms with E-state index < -0.39 is 21.8 Å². The van der Waals surface area contributed by atoms with E-state index in [1.165, 1.54) is 6.92 Å². The molecule has 104 valence electrons. The van der Waals surface area contributed by atoms with Crippen molar-refractivity contribution in [2.45, 2.75) is 18.7 Å². The fourth-order valence-electron chi connectivity index (χ4n) is 1.59. The quantitative estimate of drug-likeness (QED) is 0.838. The van der Waals surface area contributed by atoms with Gasteiger partial charge in [0.2, 0.25) is 0 Å². The van der Waals surface area contributed by atoms with Crippen molar-refractivity contribution in [2.24, 2.45) is 0 Å². The van der Waals surface area contributed by atoms with Crippen LogP contribution < -0.4 is 0 Å². The molecule has 0 spiro atoms. The molecule has 19 heavy (non-hydrogen) atoms. The van der Waals surface area contributed by atoms with Gasteiger partial charge in [-0.3, -0.25) is 4.31 Å². The van der Waals surface area contributed by atoms with E-state index in [1.54, 1.807) is 6.92 Å². The summed E-state index contributed by atoms with van der Waals surface area (Å²) in [6.07, 6.45) is 0.810. The SMILES string of the molecule is CCN(C(C)=CC(=O)O)S(=O)(=O)c1ccc(F)cc1. The van der Waals surface area contributed by atoms with Gasteiger partial charge in [-0.25, -0.2) is 17.6 Å². The van der Waals surface area contributed by atoms with Crippen LogP contribution in [0.2, 0.25) is 0 Å². The highest BCUT2D eigenvalue weighted by Gasteiger charge is 2.23. The van der Waals surface area contributed by atoms with Gasteiger partial charge in [0, 0.05) is 18.3 Å². The molecule has 0 amide bonds. The van der Waals surface area contributed by atoms with E-state index in [-0.39, 0.29) is 17.1 Å². The van der Waals surface area contributed by atoms with Crippen LogP contribution in [-0.2, 0) is 14.8 Å². The number of nitrogens with zero attached hydrogens (tertiary/aromatic N) is 1. The first-order valence-electron chi connectivity index (χ1n) is 5.48. The van der Waals surface area contributed by atoms with E-state index >= 15 is 0 Å². The maximum atomic E-state index is 12.8. The summed E-state index contributed by atoms with van der Waals surface area (Å²) >= 11 is 0. The lowest BCUT2D eigenvalue weighted by molar-refractivity contribution is -0.131. The Morgan fingerprint density at radius 3 is 2.32 bits per heavy atom. The van der Waals surface area contributed by atoms with Gasteiger partial charge in [0.25, 0.3) is 10.0 Å². The molecular formula is C12H14FNO4S. The first-order chi connectivity index (χ1) is 8.78. The number of carbonyl (C=O) groups is 1. The van der Waals surface area contributed by atoms with Gasteiger partial charge >= 0.3 is 5.97 Å². The van der Waals surface area contributed by atoms with Crippen molar-refractivity contribution >= 4 is 16.0 Å². The van der Waals surface area contributed by atoms with Gasteiger partial charge < -0.3 is 5.11 Å². The third-order valence-electron chi connectivity index (χ3n) is 2.41. The number of carboxylic acid groups (broad SMARTS) is 1. The molecule has 0 aliphatic carbocycles. The molecule has 1 rings (SSSR count). The van der Waals surface area contributed by atoms with Crippen LogP contribution in [0.15, 0.2) is 40.9 Å². The first kappa shape index (κ1) is 15.2. The molecule has 1 N–H and O–H groups in total. The van der Waals surface area contributed by atoms with E-state index in [4.69, 9.17) is 5.11 Å². The number of allylic oxidation sites excluding steroid dienone is 1. The Morgan fingerprint density at radius 2 is 1.89 bits per heavy atom. The molecule has 0 bridgehead atoms. The summed E-state index contributed by atoms with van der Waals surface area (Å²) in [4.78, 5) is 10.5. The van der Waals surface area contributed by atoms with Crippen LogP contribution in [0.1, 0.15) is 13.8 Å². The molecule has 0 atom stereocenters. The zero-order valence-corrected chi connectivity index (χ0v) is 11.3. The number of benzene rings is 1. The average Bonchev–Trinajstić information content (AvgIpc) is 2.28. The van der Waals surface area contributed by atoms with E-state index in [9.17, 15) is 17.6 Å². The second-order valence-corrected chi connectivity index (χ2v) is 5.61. The van der Waals surface area contributed by atoms with Gasteiger partial charge in [-0.05, 0) is 38.1 Å². The van der Waals surface area contributed by atoms with Crippen molar-refractivity contribution in [2.75, 3.05) is 6.54 Å². The Kier molecular flexibility index (Phi) is 4.66. The number of halogens is 1. The molecule has 5 nitrogen and oxygen atoms in total. The topological polar surface area (TPSA) is 74.7 Å². The molecule has 1 aromatic rings. The van der Waals surface area contributed by atoms with Crippen LogP contribution >= 0.6 is 0 Å². The van der Waals surface area contributed by atoms with Crippen LogP contribution in [0.25, 0.3) is 0 Å². The van der Waals surface area contributed by atoms with Crippen molar-refractivity contribution < 1.29 is 22.7 Å². The number of hydrogen-bond acceptors (Lipinski definition) is 3. The van der Waals surface area contributed by atoms with E-state index in [2.05, 4.69) is 0 Å². The number of hydrogen-bond donors (Lipinski definition) is 1. The smallest absolute Gasteiger partial charge is 0.330 e. The van der Waals surface area contributed by atoms with Crippen molar-refractivity contribution in [3.05, 3.63) is 41.9 Å². The highest BCUT2D eigenvalue weighted by atomic mass is 32.2. The predicted molar refractivity (Wildman–Crippen MR) is 67.4 cm³/mol. The minimum atomic E-state index is -3.88. The van der Waals surface area contributed by atoms with Gasteiger partial charge in [0.15, 0.2) is 0 Å². The third kappa shape index (κ3) is 3.54. The summed E-state index contributed by atoms with van der Waals surface area (Å²) in [5, 5.41) is 8.65. The Labute approximate surface area is 111 Å². The van der Waals surface area contributed by atoms with Crippen LogP contribution in [0.3, 0.4) is 0 Å². The van der Waals surface area contributed by atoms with Gasteiger partial charge in [-0.1, -0.05) is 0 Å². The number of sulfonamides is 1. The van der Waals surface area contributed by atoms with Crippen LogP contribution in [0.4, 0.5) is 4.39 Å². The Balaban J connectivity index is 3.23. The lowest BCUT2D eigenvalue weighted by Gasteiger charge is -2.23. The lowest BCUT2D eigenvalue weighted by atomic mass is 10.4. The summed E-state index contributed by atoms with van der Waals surface area (Å²) in [5.41, 5.74) is 0.0827. The monoisotopic (exact) mass is 287 g/mol. The summed E-state index contributed by atoms with van der Waals surface area (Å²) in [5.74, 6) is -1.77. The van der Waals surface area contributed by atoms with Crippen molar-refractivity contribution in [1.82, 2.24) is 4.31 Å². The second-order valence-electron chi connectivity index (χ2n) is 3.75. The molecule has 0 aromatic heterocycles. The predicted octanol–water partition coefficient (Wildman–Crippen LogP) is 1.82. The summed E-state index contributed by atoms with van der Waals surface area (Å²) in [6.45, 7) is 3.05. The van der Waals surface area contributed by atoms with E-state index in [0.717, 1.165) is 34.6 Å². The fourth-order valence-corrected chi connectivity index (χ4v) is 3.10. The van der Waals surface area contributed by atoms with Gasteiger partial charge in [-0.15, -0.1) is 0 Å². The van der Waals surface area contributed by atoms with Gasteiger partial charge in [0.05, 0.1) is 4.90 Å². The highest BCUT2D eigenvalue weighted by molar-refractivity contribution is 7.89. The molecular weight excluding hydrogens is 273 g/mol. The molecule has 0 saturated carbocycles. The maximum absolute atomic E-state index is 12.8. The first-order valence-corrected chi connectivity index (χ1v) is 6.92. The zero-order valence-electron chi connectivity index (χ0n) is 10.5. The third-order valence-corrected chi connectivity index (χ3v) is 4.41. The van der Waals surface area contributed by atoms with Crippen molar-refractivity contribution in [1.29, 1.82) is 0 Å². The lowest BCUT2D eigenvalue weighted by Crippen LogP contribution is -2.29. The summed E-state index contributed by atoms with van der Waals surface area (Å²) in [7, 11) is -3.88. The van der Waals surface area contributed by atoms with Crippen LogP contribution in [0.5, 0.6) is 0 Å². The van der Waals surface area contributed by atoms with Gasteiger partial charge in [0.1, 0.15) is 5.82 Å². The number of aliphatic carboxylic acids is 1. The minimum Gasteiger partial charge on any atom is -0.478 e. The molecule has 0 aliphatic rings. The zero-order chi connectivity index (χ0) is 14.6. The normalized spacial score (nSPS) is 12.3. The molecule has 0 aliphatic heterocycles. The maximum Gasteiger partial charge on any atom is 0.330 e. The molecule has 7 heteroatoms. The summed E-state index contributed by atoms with van der Waals surface area (Å²) < 4.78 is 38.3. The number of rotatable bonds is 5. The van der Waals surface area contributed by atoms with E-state index in [0.29, 0.717) is 0 Å². The fraction of sp³-hybridized carbons (Fsp3) is 0.250. The number of carboxylic acids is 1. The van der Waals surface area contributed by atoms with E-state index in [1.807, 2.05) is 0 Å². The van der Waals surface area contributed by atoms with Crippen molar-refractivity contribution in [3.8, 4) is 0 Å². The Morgan fingerprint density at radius 1 is 1.37 bits per heavy atom. The van der Waals surface area contributed by atoms with Gasteiger partial charge in [-0.2, -0.15) is 0 Å². The largest absolute Gasteiger partial charge is 0.478 e. The standard InChI is InChI=1S/C12H14FNO4S/c1-3-14(9(2)8-12(15)16)19(17,18)11-6-4-10(13)5-7-11/h4-8H,3H2,1-2H3,(H,15,16). The molecule has 0 radical (unpaired) electrons. The molecule has 0 saturated heterocycles. The Bertz CT molecular complexity index is 593. The van der Waals surface area contributed by atoms with Crippen LogP contribution in [0, 0.1) is 5.82 Å². The Hall–Kier alpha value is -1.89. The molecule has 0 heterocycles. The molecule has 0 fully saturated rings. The van der Waals surface area contributed by atoms with Crippen molar-refractivity contribution in [3.63, 3.8) is 0 Å². The minimum absolute atomic E-state index is 0.0787. The molecule has 0 unspecified atom stereocenters. The molecule has 1 aromatic carbocycles.